The average molecular weight is 505 g/mol. The average Bonchev–Trinajstić information content (AvgIpc) is 2.89. The van der Waals surface area contributed by atoms with E-state index < -0.39 is 15.9 Å². The number of nitrogens with one attached hydrogen (secondary N) is 1. The van der Waals surface area contributed by atoms with Crippen molar-refractivity contribution in [2.24, 2.45) is 0 Å². The first-order valence-electron chi connectivity index (χ1n) is 10.6. The Bertz CT molecular complexity index is 1490. The van der Waals surface area contributed by atoms with E-state index in [0.717, 1.165) is 4.31 Å². The Kier molecular flexibility index (Phi) is 7.00. The van der Waals surface area contributed by atoms with Crippen LogP contribution in [-0.2, 0) is 10.0 Å². The molecule has 0 atom stereocenters. The van der Waals surface area contributed by atoms with E-state index in [2.05, 4.69) is 5.32 Å². The number of para-hydroxylation sites is 1. The standard InChI is InChI=1S/C27H21ClN2O4S/c1-30(35(33,34)21-12-6-3-7-13-21)25-15-9-8-14-22(25)27(32)29-24-17-16-20(28)18-23(24)26(31)19-10-4-2-5-11-19/h2-18H,1H3,(H,29,32). The smallest absolute Gasteiger partial charge is 0.264 e. The third kappa shape index (κ3) is 5.11. The molecule has 0 aliphatic heterocycles. The SMILES string of the molecule is CN(c1ccccc1C(=O)Nc1ccc(Cl)cc1C(=O)c1ccccc1)S(=O)(=O)c1ccccc1. The molecule has 0 saturated heterocycles. The molecule has 8 heteroatoms. The first-order valence-corrected chi connectivity index (χ1v) is 12.4. The molecule has 0 spiro atoms. The molecule has 0 radical (unpaired) electrons. The predicted molar refractivity (Wildman–Crippen MR) is 138 cm³/mol. The van der Waals surface area contributed by atoms with Gasteiger partial charge in [-0.2, -0.15) is 0 Å². The van der Waals surface area contributed by atoms with Crippen LogP contribution in [0.4, 0.5) is 11.4 Å². The molecular formula is C27H21ClN2O4S. The molecule has 176 valence electrons. The van der Waals surface area contributed by atoms with Crippen molar-refractivity contribution < 1.29 is 18.0 Å². The van der Waals surface area contributed by atoms with Crippen molar-refractivity contribution in [3.05, 3.63) is 125 Å². The highest BCUT2D eigenvalue weighted by molar-refractivity contribution is 7.92. The summed E-state index contributed by atoms with van der Waals surface area (Å²) in [6.45, 7) is 0. The van der Waals surface area contributed by atoms with Gasteiger partial charge in [0.1, 0.15) is 0 Å². The molecule has 0 aromatic heterocycles. The maximum Gasteiger partial charge on any atom is 0.264 e. The molecule has 4 aromatic rings. The van der Waals surface area contributed by atoms with Crippen LogP contribution in [0.15, 0.2) is 108 Å². The summed E-state index contributed by atoms with van der Waals surface area (Å²) in [7, 11) is -2.51. The van der Waals surface area contributed by atoms with E-state index in [0.29, 0.717) is 10.6 Å². The molecule has 0 saturated carbocycles. The lowest BCUT2D eigenvalue weighted by atomic mass is 10.0. The largest absolute Gasteiger partial charge is 0.321 e. The minimum absolute atomic E-state index is 0.103. The van der Waals surface area contributed by atoms with E-state index in [-0.39, 0.29) is 33.2 Å². The van der Waals surface area contributed by atoms with Gasteiger partial charge >= 0.3 is 0 Å². The first-order chi connectivity index (χ1) is 16.8. The quantitative estimate of drug-likeness (QED) is 0.330. The highest BCUT2D eigenvalue weighted by Gasteiger charge is 2.25. The fraction of sp³-hybridized carbons (Fsp3) is 0.0370. The second-order valence-electron chi connectivity index (χ2n) is 7.64. The Morgan fingerprint density at radius 3 is 2.06 bits per heavy atom. The van der Waals surface area contributed by atoms with E-state index >= 15 is 0 Å². The van der Waals surface area contributed by atoms with Crippen molar-refractivity contribution in [1.29, 1.82) is 0 Å². The van der Waals surface area contributed by atoms with Gasteiger partial charge in [0.15, 0.2) is 5.78 Å². The summed E-state index contributed by atoms with van der Waals surface area (Å²) in [5, 5.41) is 3.10. The summed E-state index contributed by atoms with van der Waals surface area (Å²) < 4.78 is 27.3. The Morgan fingerprint density at radius 2 is 1.37 bits per heavy atom. The Labute approximate surface area is 208 Å². The number of amides is 1. The Hall–Kier alpha value is -3.94. The highest BCUT2D eigenvalue weighted by Crippen LogP contribution is 2.28. The topological polar surface area (TPSA) is 83.6 Å². The maximum absolute atomic E-state index is 13.3. The molecule has 0 bridgehead atoms. The summed E-state index contributed by atoms with van der Waals surface area (Å²) in [4.78, 5) is 26.5. The number of carbonyl (C=O) groups is 2. The van der Waals surface area contributed by atoms with Gasteiger partial charge in [-0.3, -0.25) is 13.9 Å². The van der Waals surface area contributed by atoms with E-state index in [1.807, 2.05) is 0 Å². The van der Waals surface area contributed by atoms with Gasteiger partial charge in [-0.05, 0) is 42.5 Å². The van der Waals surface area contributed by atoms with Gasteiger partial charge in [0.2, 0.25) is 0 Å². The van der Waals surface area contributed by atoms with Crippen molar-refractivity contribution in [3.8, 4) is 0 Å². The third-order valence-electron chi connectivity index (χ3n) is 5.40. The van der Waals surface area contributed by atoms with Crippen molar-refractivity contribution in [1.82, 2.24) is 0 Å². The number of rotatable bonds is 7. The van der Waals surface area contributed by atoms with Crippen LogP contribution in [0.3, 0.4) is 0 Å². The van der Waals surface area contributed by atoms with Gasteiger partial charge in [0.25, 0.3) is 15.9 Å². The summed E-state index contributed by atoms with van der Waals surface area (Å²) in [6, 6.07) is 27.6. The minimum atomic E-state index is -3.90. The second-order valence-corrected chi connectivity index (χ2v) is 10.0. The molecule has 6 nitrogen and oxygen atoms in total. The monoisotopic (exact) mass is 504 g/mol. The van der Waals surface area contributed by atoms with Crippen LogP contribution >= 0.6 is 11.6 Å². The summed E-state index contributed by atoms with van der Waals surface area (Å²) in [5.41, 5.74) is 1.25. The predicted octanol–water partition coefficient (Wildman–Crippen LogP) is 5.65. The lowest BCUT2D eigenvalue weighted by Gasteiger charge is -2.22. The molecule has 0 aliphatic rings. The van der Waals surface area contributed by atoms with Gasteiger partial charge in [-0.15, -0.1) is 0 Å². The van der Waals surface area contributed by atoms with Crippen LogP contribution in [0, 0.1) is 0 Å². The zero-order valence-electron chi connectivity index (χ0n) is 18.7. The molecule has 1 amide bonds. The number of nitrogens with zero attached hydrogens (tertiary/aromatic N) is 1. The highest BCUT2D eigenvalue weighted by atomic mass is 35.5. The van der Waals surface area contributed by atoms with E-state index in [9.17, 15) is 18.0 Å². The summed E-state index contributed by atoms with van der Waals surface area (Å²) >= 11 is 6.14. The Morgan fingerprint density at radius 1 is 0.771 bits per heavy atom. The molecule has 4 rings (SSSR count). The number of hydrogen-bond donors (Lipinski definition) is 1. The molecule has 0 unspecified atom stereocenters. The van der Waals surface area contributed by atoms with Gasteiger partial charge in [-0.25, -0.2) is 8.42 Å². The number of hydrogen-bond acceptors (Lipinski definition) is 4. The lowest BCUT2D eigenvalue weighted by Crippen LogP contribution is -2.29. The molecule has 0 heterocycles. The fourth-order valence-corrected chi connectivity index (χ4v) is 4.98. The van der Waals surface area contributed by atoms with Crippen LogP contribution in [0.5, 0.6) is 0 Å². The maximum atomic E-state index is 13.3. The zero-order valence-corrected chi connectivity index (χ0v) is 20.3. The molecule has 4 aromatic carbocycles. The van der Waals surface area contributed by atoms with Crippen molar-refractivity contribution >= 4 is 44.7 Å². The molecular weight excluding hydrogens is 484 g/mol. The number of benzene rings is 4. The van der Waals surface area contributed by atoms with Gasteiger partial charge in [-0.1, -0.05) is 72.3 Å². The van der Waals surface area contributed by atoms with Crippen LogP contribution < -0.4 is 9.62 Å². The van der Waals surface area contributed by atoms with Crippen LogP contribution in [0.25, 0.3) is 0 Å². The first kappa shape index (κ1) is 24.2. The van der Waals surface area contributed by atoms with Crippen molar-refractivity contribution in [2.75, 3.05) is 16.7 Å². The third-order valence-corrected chi connectivity index (χ3v) is 7.42. The van der Waals surface area contributed by atoms with Crippen LogP contribution in [-0.4, -0.2) is 27.2 Å². The number of anilines is 2. The van der Waals surface area contributed by atoms with Crippen LogP contribution in [0.1, 0.15) is 26.3 Å². The normalized spacial score (nSPS) is 11.0. The molecule has 0 aliphatic carbocycles. The van der Waals surface area contributed by atoms with Crippen molar-refractivity contribution in [2.45, 2.75) is 4.90 Å². The van der Waals surface area contributed by atoms with Gasteiger partial charge < -0.3 is 5.32 Å². The van der Waals surface area contributed by atoms with E-state index in [4.69, 9.17) is 11.6 Å². The van der Waals surface area contributed by atoms with Gasteiger partial charge in [0, 0.05) is 23.2 Å². The number of sulfonamides is 1. The number of ketones is 1. The molecule has 1 N–H and O–H groups in total. The van der Waals surface area contributed by atoms with E-state index in [1.54, 1.807) is 78.9 Å². The van der Waals surface area contributed by atoms with Crippen LogP contribution in [0.2, 0.25) is 5.02 Å². The molecule has 35 heavy (non-hydrogen) atoms. The van der Waals surface area contributed by atoms with Gasteiger partial charge in [0.05, 0.1) is 21.8 Å². The zero-order chi connectivity index (χ0) is 25.0. The lowest BCUT2D eigenvalue weighted by molar-refractivity contribution is 0.102. The van der Waals surface area contributed by atoms with E-state index in [1.165, 1.54) is 31.3 Å². The summed E-state index contributed by atoms with van der Waals surface area (Å²) in [5.74, 6) is -0.874. The Balaban J connectivity index is 1.69. The van der Waals surface area contributed by atoms with Crippen molar-refractivity contribution in [3.63, 3.8) is 0 Å². The number of carbonyl (C=O) groups excluding carboxylic acids is 2. The second kappa shape index (κ2) is 10.1. The molecule has 0 fully saturated rings. The fourth-order valence-electron chi connectivity index (χ4n) is 3.57. The minimum Gasteiger partial charge on any atom is -0.321 e. The number of halogens is 1. The summed E-state index contributed by atoms with van der Waals surface area (Å²) in [6.07, 6.45) is 0.